The number of hydrogen-bond acceptors (Lipinski definition) is 3. The van der Waals surface area contributed by atoms with Gasteiger partial charge in [0.15, 0.2) is 0 Å². The summed E-state index contributed by atoms with van der Waals surface area (Å²) in [5.41, 5.74) is 1.86. The van der Waals surface area contributed by atoms with E-state index in [9.17, 15) is 0 Å². The normalized spacial score (nSPS) is 26.5. The Morgan fingerprint density at radius 1 is 0.816 bits per heavy atom. The van der Waals surface area contributed by atoms with Gasteiger partial charge in [0.25, 0.3) is 5.78 Å². The van der Waals surface area contributed by atoms with Gasteiger partial charge in [0.05, 0.1) is 18.1 Å². The molecule has 2 aliphatic heterocycles. The molecule has 0 aromatic heterocycles. The molecule has 2 heterocycles. The summed E-state index contributed by atoms with van der Waals surface area (Å²) >= 11 is 0. The first-order chi connectivity index (χ1) is 17.0. The first kappa shape index (κ1) is 33.0. The van der Waals surface area contributed by atoms with E-state index < -0.39 is 16.1 Å². The summed E-state index contributed by atoms with van der Waals surface area (Å²) < 4.78 is 26.1. The molecule has 0 N–H and O–H groups in total. The Kier molecular flexibility index (Phi) is 9.51. The van der Waals surface area contributed by atoms with Gasteiger partial charge in [-0.15, -0.1) is 0 Å². The molecule has 0 saturated carbocycles. The molecule has 0 bridgehead atoms. The second kappa shape index (κ2) is 11.0. The van der Waals surface area contributed by atoms with E-state index in [1.54, 1.807) is 0 Å². The van der Waals surface area contributed by atoms with E-state index in [0.717, 1.165) is 23.0 Å². The van der Waals surface area contributed by atoms with Crippen molar-refractivity contribution in [3.05, 3.63) is 77.9 Å². The standard InChI is InChI=1S/C26H34BO4.6ClH.Sb/c1-25(2,3)23-17-21(19-13-9-7-10-14-19)28-27(30-23)29-22(20-15-11-8-12-16-20)18-24(31-27)26(4,5)6;;;;;;;/h7-16,21,24H,17-18H2,1-6H3;6*1H;/q+1;;;;;;;+5/p-6. The molecule has 0 radical (unpaired) electrons. The van der Waals surface area contributed by atoms with E-state index in [0.29, 0.717) is 12.8 Å². The third kappa shape index (κ3) is 11.0. The second-order valence-electron chi connectivity index (χ2n) is 11.7. The van der Waals surface area contributed by atoms with Gasteiger partial charge < -0.3 is 13.7 Å². The molecule has 2 aromatic carbocycles. The predicted molar refractivity (Wildman–Crippen MR) is 165 cm³/mol. The minimum absolute atomic E-state index is 0.104. The number of hydrogen-bond donors (Lipinski definition) is 0. The van der Waals surface area contributed by atoms with E-state index in [1.807, 2.05) is 36.4 Å². The Morgan fingerprint density at radius 3 is 1.79 bits per heavy atom. The molecular weight excluding hydrogens is 722 g/mol. The number of ketones is 1. The number of halogens is 6. The van der Waals surface area contributed by atoms with Crippen LogP contribution in [-0.2, 0) is 14.0 Å². The average Bonchev–Trinajstić information content (AvgIpc) is 2.76. The van der Waals surface area contributed by atoms with Crippen LogP contribution in [0.5, 0.6) is 0 Å². The van der Waals surface area contributed by atoms with Crippen molar-refractivity contribution in [2.75, 3.05) is 0 Å². The first-order valence-electron chi connectivity index (χ1n) is 12.3. The maximum atomic E-state index is 6.56. The Labute approximate surface area is 246 Å². The zero-order chi connectivity index (χ0) is 28.7. The van der Waals surface area contributed by atoms with Gasteiger partial charge in [-0.05, 0) is 43.9 Å². The molecule has 1 fully saturated rings. The van der Waals surface area contributed by atoms with Crippen LogP contribution in [0.25, 0.3) is 0 Å². The molecule has 3 unspecified atom stereocenters. The molecule has 38 heavy (non-hydrogen) atoms. The van der Waals surface area contributed by atoms with Crippen molar-refractivity contribution in [2.24, 2.45) is 10.8 Å². The van der Waals surface area contributed by atoms with Crippen LogP contribution in [0.2, 0.25) is 0 Å². The first-order valence-corrected chi connectivity index (χ1v) is 31.7. The van der Waals surface area contributed by atoms with Crippen LogP contribution in [-0.4, -0.2) is 28.0 Å². The Hall–Kier alpha value is 0.483. The zero-order valence-electron chi connectivity index (χ0n) is 22.3. The molecule has 4 nitrogen and oxygen atoms in total. The van der Waals surface area contributed by atoms with Gasteiger partial charge in [-0.3, -0.25) is 0 Å². The van der Waals surface area contributed by atoms with Crippen LogP contribution in [0, 0.1) is 16.9 Å². The minimum atomic E-state index is -5.42. The Balaban J connectivity index is 0.000000505. The van der Waals surface area contributed by atoms with Crippen molar-refractivity contribution in [1.29, 1.82) is 0 Å². The Morgan fingerprint density at radius 2 is 1.32 bits per heavy atom. The topological polar surface area (TPSA) is 39.0 Å². The predicted octanol–water partition coefficient (Wildman–Crippen LogP) is 10.2. The maximum absolute atomic E-state index is 6.56. The van der Waals surface area contributed by atoms with Gasteiger partial charge in [0.2, 0.25) is 6.10 Å². The zero-order valence-corrected chi connectivity index (χ0v) is 29.4. The fraction of sp³-hybridized carbons (Fsp3) is 0.462. The molecule has 2 aliphatic rings. The average molecular weight is 756 g/mol. The molecule has 1 saturated heterocycles. The van der Waals surface area contributed by atoms with Crippen LogP contribution in [0.4, 0.5) is 0 Å². The van der Waals surface area contributed by atoms with Gasteiger partial charge in [-0.2, -0.15) is 0 Å². The summed E-state index contributed by atoms with van der Waals surface area (Å²) in [6, 6.07) is 20.5. The molecule has 12 heteroatoms. The summed E-state index contributed by atoms with van der Waals surface area (Å²) in [6.45, 7) is 10.6. The molecule has 4 rings (SSSR count). The van der Waals surface area contributed by atoms with E-state index in [-0.39, 0.29) is 23.0 Å². The van der Waals surface area contributed by atoms with Crippen LogP contribution < -0.4 is 0 Å². The molecule has 1 spiro atoms. The third-order valence-electron chi connectivity index (χ3n) is 6.05. The molecule has 212 valence electrons. The summed E-state index contributed by atoms with van der Waals surface area (Å²) in [5.74, 6) is 0.855. The van der Waals surface area contributed by atoms with Gasteiger partial charge in [0, 0.05) is 6.10 Å². The molecule has 0 aliphatic carbocycles. The van der Waals surface area contributed by atoms with Crippen molar-refractivity contribution in [3.8, 4) is 0 Å². The van der Waals surface area contributed by atoms with Gasteiger partial charge in [-0.25, -0.2) is 4.65 Å². The van der Waals surface area contributed by atoms with Gasteiger partial charge in [0.1, 0.15) is 11.8 Å². The molecule has 2 aromatic rings. The van der Waals surface area contributed by atoms with Gasteiger partial charge >= 0.3 is 69.1 Å². The van der Waals surface area contributed by atoms with Crippen molar-refractivity contribution < 1.29 is 18.3 Å². The van der Waals surface area contributed by atoms with Gasteiger partial charge in [-0.1, -0.05) is 69.3 Å². The van der Waals surface area contributed by atoms with Crippen molar-refractivity contribution >= 4 is 74.9 Å². The SMILES string of the molecule is CC(C)(C)[C+]1CC(c2ccccc2)O[B-]2(O1)OC(C(C)(C)C)CC(c1ccccc1)=[O+]2.[Cl][Sb-]([Cl])([Cl])([Cl])([Cl])[Cl]. The summed E-state index contributed by atoms with van der Waals surface area (Å²) in [4.78, 5) is 0. The Bertz CT molecular complexity index is 1120. The van der Waals surface area contributed by atoms with Crippen LogP contribution in [0.1, 0.15) is 76.0 Å². The summed E-state index contributed by atoms with van der Waals surface area (Å²) in [6.07, 6.45) is 1.98. The number of rotatable bonds is 2. The van der Waals surface area contributed by atoms with Crippen molar-refractivity contribution in [1.82, 2.24) is 0 Å². The second-order valence-corrected chi connectivity index (χ2v) is 68.6. The van der Waals surface area contributed by atoms with Crippen molar-refractivity contribution in [3.63, 3.8) is 0 Å². The van der Waals surface area contributed by atoms with E-state index in [2.05, 4.69) is 65.8 Å². The van der Waals surface area contributed by atoms with E-state index in [1.165, 1.54) is 0 Å². The summed E-state index contributed by atoms with van der Waals surface area (Å²) in [5, 5.41) is 0. The fourth-order valence-corrected chi connectivity index (χ4v) is 4.11. The van der Waals surface area contributed by atoms with Crippen LogP contribution in [0.3, 0.4) is 0 Å². The quantitative estimate of drug-likeness (QED) is 0.174. The van der Waals surface area contributed by atoms with E-state index >= 15 is 0 Å². The molecule has 3 atom stereocenters. The molecular formula is C26H34BCl6O4Sb. The molecule has 0 amide bonds. The van der Waals surface area contributed by atoms with Crippen molar-refractivity contribution in [2.45, 2.75) is 66.6 Å². The summed E-state index contributed by atoms with van der Waals surface area (Å²) in [7, 11) is 25.0. The van der Waals surface area contributed by atoms with E-state index in [4.69, 9.17) is 71.3 Å². The number of carbonyl (C=O) groups excluding carboxylic acids is 1. The third-order valence-corrected chi connectivity index (χ3v) is 6.05. The fourth-order valence-electron chi connectivity index (χ4n) is 4.11. The monoisotopic (exact) mass is 752 g/mol. The number of benzene rings is 2. The van der Waals surface area contributed by atoms with Crippen LogP contribution in [0.15, 0.2) is 60.7 Å². The van der Waals surface area contributed by atoms with Crippen LogP contribution >= 0.6 is 53.0 Å².